The number of carbonyl (C=O) groups is 3. The molecule has 0 saturated carbocycles. The third kappa shape index (κ3) is 4.84. The van der Waals surface area contributed by atoms with Gasteiger partial charge in [-0.2, -0.15) is 0 Å². The lowest BCUT2D eigenvalue weighted by molar-refractivity contribution is -0.154. The Balaban J connectivity index is 1.74. The summed E-state index contributed by atoms with van der Waals surface area (Å²) >= 11 is 8.19. The summed E-state index contributed by atoms with van der Waals surface area (Å²) in [6.07, 6.45) is 6.38. The number of esters is 1. The number of rotatable bonds is 12. The van der Waals surface area contributed by atoms with Gasteiger partial charge in [0.15, 0.2) is 0 Å². The first-order chi connectivity index (χ1) is 17.8. The van der Waals surface area contributed by atoms with E-state index >= 15 is 0 Å². The highest BCUT2D eigenvalue weighted by atomic mass is 35.5. The molecule has 37 heavy (non-hydrogen) atoms. The highest BCUT2D eigenvalue weighted by Crippen LogP contribution is 2.66. The van der Waals surface area contributed by atoms with Crippen LogP contribution < -0.4 is 4.90 Å². The van der Waals surface area contributed by atoms with Crippen LogP contribution in [0.15, 0.2) is 43.5 Å². The molecule has 3 saturated heterocycles. The van der Waals surface area contributed by atoms with Gasteiger partial charge in [0.25, 0.3) is 5.91 Å². The number of anilines is 1. The summed E-state index contributed by atoms with van der Waals surface area (Å²) in [6.45, 7) is 10.2. The smallest absolute Gasteiger partial charge is 0.310 e. The SMILES string of the molecule is C=CCCOC(=O)[C@@H]1[C@@H]2CCC3(S2)C(C(=O)N(CC=C)c2c(C)cccc2Cl)N(CCCCO)C(=O)[C@H]13. The molecule has 1 N–H and O–H groups in total. The number of aryl methyl sites for hydroxylation is 1. The number of aliphatic hydroxyl groups is 1. The fraction of sp³-hybridized carbons (Fsp3) is 0.536. The lowest BCUT2D eigenvalue weighted by atomic mass is 9.71. The molecule has 0 aromatic heterocycles. The first kappa shape index (κ1) is 27.7. The van der Waals surface area contributed by atoms with Gasteiger partial charge >= 0.3 is 5.97 Å². The average Bonchev–Trinajstić information content (AvgIpc) is 3.51. The number of thioether (sulfide) groups is 1. The summed E-state index contributed by atoms with van der Waals surface area (Å²) in [5.41, 5.74) is 1.45. The van der Waals surface area contributed by atoms with Crippen LogP contribution in [-0.4, -0.2) is 70.1 Å². The molecule has 1 spiro atoms. The molecule has 2 amide bonds. The maximum atomic E-state index is 14.5. The second-order valence-corrected chi connectivity index (χ2v) is 11.9. The number of carbonyl (C=O) groups excluding carboxylic acids is 3. The fourth-order valence-electron chi connectivity index (χ4n) is 6.21. The Kier molecular flexibility index (Phi) is 8.71. The minimum Gasteiger partial charge on any atom is -0.465 e. The Morgan fingerprint density at radius 1 is 1.32 bits per heavy atom. The van der Waals surface area contributed by atoms with Crippen LogP contribution in [0.2, 0.25) is 5.02 Å². The van der Waals surface area contributed by atoms with Crippen LogP contribution in [0.25, 0.3) is 0 Å². The van der Waals surface area contributed by atoms with Crippen molar-refractivity contribution < 1.29 is 24.2 Å². The standard InChI is InChI=1S/C28H35ClN2O5S/c1-4-6-17-36-27(35)21-20-12-13-28(37-20)22(21)25(33)31(15-7-8-16-32)24(28)26(34)30(14-5-2)23-18(3)10-9-11-19(23)29/h4-5,9-11,20-22,24,32H,1-2,6-8,12-17H2,3H3/t20-,21+,22-,24?,28?/m0/s1. The van der Waals surface area contributed by atoms with Gasteiger partial charge in [0.2, 0.25) is 5.91 Å². The molecular weight excluding hydrogens is 512 g/mol. The number of hydrogen-bond donors (Lipinski definition) is 1. The number of nitrogens with zero attached hydrogens (tertiary/aromatic N) is 2. The van der Waals surface area contributed by atoms with E-state index in [1.807, 2.05) is 19.1 Å². The Morgan fingerprint density at radius 2 is 2.11 bits per heavy atom. The van der Waals surface area contributed by atoms with E-state index in [9.17, 15) is 19.5 Å². The van der Waals surface area contributed by atoms with Gasteiger partial charge in [0.05, 0.1) is 33.9 Å². The van der Waals surface area contributed by atoms with Crippen LogP contribution >= 0.6 is 23.4 Å². The van der Waals surface area contributed by atoms with Crippen molar-refractivity contribution in [3.8, 4) is 0 Å². The molecule has 200 valence electrons. The minimum absolute atomic E-state index is 0.00566. The Labute approximate surface area is 227 Å². The molecule has 2 unspecified atom stereocenters. The van der Waals surface area contributed by atoms with Crippen molar-refractivity contribution in [1.29, 1.82) is 0 Å². The zero-order valence-electron chi connectivity index (χ0n) is 21.2. The molecule has 3 heterocycles. The monoisotopic (exact) mass is 546 g/mol. The zero-order valence-corrected chi connectivity index (χ0v) is 22.8. The zero-order chi connectivity index (χ0) is 26.7. The third-order valence-corrected chi connectivity index (χ3v) is 9.97. The number of fused-ring (bicyclic) bond motifs is 1. The van der Waals surface area contributed by atoms with Gasteiger partial charge in [0.1, 0.15) is 6.04 Å². The van der Waals surface area contributed by atoms with Crippen LogP contribution in [0.1, 0.15) is 37.7 Å². The molecule has 1 aromatic rings. The van der Waals surface area contributed by atoms with E-state index in [4.69, 9.17) is 16.3 Å². The Hall–Kier alpha value is -2.29. The van der Waals surface area contributed by atoms with E-state index in [1.54, 1.807) is 39.8 Å². The second kappa shape index (κ2) is 11.6. The Morgan fingerprint density at radius 3 is 2.78 bits per heavy atom. The van der Waals surface area contributed by atoms with E-state index in [2.05, 4.69) is 13.2 Å². The van der Waals surface area contributed by atoms with Gasteiger partial charge in [-0.3, -0.25) is 14.4 Å². The third-order valence-electron chi connectivity index (χ3n) is 7.72. The molecule has 7 nitrogen and oxygen atoms in total. The van der Waals surface area contributed by atoms with Gasteiger partial charge in [-0.25, -0.2) is 0 Å². The number of hydrogen-bond acceptors (Lipinski definition) is 6. The summed E-state index contributed by atoms with van der Waals surface area (Å²) in [4.78, 5) is 44.9. The molecule has 9 heteroatoms. The lowest BCUT2D eigenvalue weighted by Gasteiger charge is -2.37. The van der Waals surface area contributed by atoms with Crippen molar-refractivity contribution >= 4 is 46.8 Å². The summed E-state index contributed by atoms with van der Waals surface area (Å²) in [6, 6.07) is 4.73. The van der Waals surface area contributed by atoms with Crippen LogP contribution in [-0.2, 0) is 19.1 Å². The number of likely N-dealkylation sites (tertiary alicyclic amines) is 1. The van der Waals surface area contributed by atoms with E-state index in [0.29, 0.717) is 42.9 Å². The van der Waals surface area contributed by atoms with E-state index in [1.165, 1.54) is 0 Å². The van der Waals surface area contributed by atoms with Gasteiger partial charge in [-0.05, 0) is 50.7 Å². The molecule has 4 rings (SSSR count). The molecule has 2 bridgehead atoms. The van der Waals surface area contributed by atoms with Gasteiger partial charge < -0.3 is 19.6 Å². The number of para-hydroxylation sites is 1. The highest BCUT2D eigenvalue weighted by Gasteiger charge is 2.74. The molecule has 1 aromatic carbocycles. The minimum atomic E-state index is -0.750. The van der Waals surface area contributed by atoms with E-state index in [-0.39, 0.29) is 42.8 Å². The average molecular weight is 547 g/mol. The van der Waals surface area contributed by atoms with E-state index in [0.717, 1.165) is 12.0 Å². The van der Waals surface area contributed by atoms with Crippen molar-refractivity contribution in [2.24, 2.45) is 11.8 Å². The van der Waals surface area contributed by atoms with Crippen LogP contribution in [0, 0.1) is 18.8 Å². The molecule has 0 aliphatic carbocycles. The number of halogens is 1. The largest absolute Gasteiger partial charge is 0.465 e. The van der Waals surface area contributed by atoms with Crippen LogP contribution in [0.3, 0.4) is 0 Å². The van der Waals surface area contributed by atoms with Crippen LogP contribution in [0.5, 0.6) is 0 Å². The number of benzene rings is 1. The number of amides is 2. The van der Waals surface area contributed by atoms with Crippen molar-refractivity contribution in [2.45, 2.75) is 55.1 Å². The Bertz CT molecular complexity index is 1060. The fourth-order valence-corrected chi connectivity index (χ4v) is 8.73. The summed E-state index contributed by atoms with van der Waals surface area (Å²) in [5, 5.41) is 9.75. The van der Waals surface area contributed by atoms with Crippen molar-refractivity contribution in [2.75, 3.05) is 31.2 Å². The maximum Gasteiger partial charge on any atom is 0.310 e. The topological polar surface area (TPSA) is 87.2 Å². The molecular formula is C28H35ClN2O5S. The predicted molar refractivity (Wildman–Crippen MR) is 147 cm³/mol. The van der Waals surface area contributed by atoms with Crippen LogP contribution in [0.4, 0.5) is 5.69 Å². The normalized spacial score (nSPS) is 27.8. The first-order valence-corrected chi connectivity index (χ1v) is 14.1. The van der Waals surface area contributed by atoms with Crippen molar-refractivity contribution in [1.82, 2.24) is 4.90 Å². The first-order valence-electron chi connectivity index (χ1n) is 12.9. The van der Waals surface area contributed by atoms with Crippen molar-refractivity contribution in [3.63, 3.8) is 0 Å². The molecule has 3 aliphatic heterocycles. The summed E-state index contributed by atoms with van der Waals surface area (Å²) in [5.74, 6) is -1.96. The summed E-state index contributed by atoms with van der Waals surface area (Å²) in [7, 11) is 0. The van der Waals surface area contributed by atoms with E-state index < -0.39 is 22.6 Å². The molecule has 5 atom stereocenters. The van der Waals surface area contributed by atoms with Gasteiger partial charge in [0, 0.05) is 24.9 Å². The molecule has 3 fully saturated rings. The predicted octanol–water partition coefficient (Wildman–Crippen LogP) is 4.15. The maximum absolute atomic E-state index is 14.5. The number of ether oxygens (including phenoxy) is 1. The second-order valence-electron chi connectivity index (χ2n) is 9.91. The highest BCUT2D eigenvalue weighted by molar-refractivity contribution is 8.02. The molecule has 3 aliphatic rings. The van der Waals surface area contributed by atoms with Gasteiger partial charge in [-0.15, -0.1) is 24.9 Å². The van der Waals surface area contributed by atoms with Crippen molar-refractivity contribution in [3.05, 3.63) is 54.1 Å². The van der Waals surface area contributed by atoms with Gasteiger partial charge in [-0.1, -0.05) is 35.9 Å². The number of unbranched alkanes of at least 4 members (excludes halogenated alkanes) is 1. The number of aliphatic hydroxyl groups excluding tert-OH is 1. The lowest BCUT2D eigenvalue weighted by Crippen LogP contribution is -2.55. The summed E-state index contributed by atoms with van der Waals surface area (Å²) < 4.78 is 4.82. The quantitative estimate of drug-likeness (QED) is 0.241. The molecule has 0 radical (unpaired) electrons.